The van der Waals surface area contributed by atoms with E-state index in [1.54, 1.807) is 11.4 Å². The Hall–Kier alpha value is -2.55. The van der Waals surface area contributed by atoms with Crippen molar-refractivity contribution in [2.24, 2.45) is 5.92 Å². The number of thioether (sulfide) groups is 1. The highest BCUT2D eigenvalue weighted by atomic mass is 32.2. The molecule has 2 unspecified atom stereocenters. The molecule has 3 aromatic rings. The van der Waals surface area contributed by atoms with E-state index in [9.17, 15) is 9.00 Å². The van der Waals surface area contributed by atoms with Gasteiger partial charge in [-0.15, -0.1) is 0 Å². The summed E-state index contributed by atoms with van der Waals surface area (Å²) in [6.07, 6.45) is 0.637. The molecule has 0 bridgehead atoms. The Bertz CT molecular complexity index is 1140. The zero-order chi connectivity index (χ0) is 24.9. The molecule has 182 valence electrons. The molecule has 6 nitrogen and oxygen atoms in total. The number of amides is 1. The summed E-state index contributed by atoms with van der Waals surface area (Å²) in [4.78, 5) is 17.7. The first-order valence-corrected chi connectivity index (χ1v) is 14.1. The fourth-order valence-electron chi connectivity index (χ4n) is 3.71. The van der Waals surface area contributed by atoms with Gasteiger partial charge in [0.05, 0.1) is 5.88 Å². The maximum Gasteiger partial charge on any atom is 0.258 e. The second-order valence-electron chi connectivity index (χ2n) is 8.18. The number of likely N-dealkylation sites (N-methyl/N-ethyl adjacent to an activating group) is 1. The number of carbonyl (C=O) groups is 1. The first kappa shape index (κ1) is 26.1. The summed E-state index contributed by atoms with van der Waals surface area (Å²) in [6, 6.07) is 19.2. The Balaban J connectivity index is 0.00000158. The fraction of sp³-hybridized carbons (Fsp3) is 0.346. The normalized spacial score (nSPS) is 20.5. The minimum atomic E-state index is -2.86. The van der Waals surface area contributed by atoms with Crippen molar-refractivity contribution in [1.82, 2.24) is 13.6 Å². The van der Waals surface area contributed by atoms with Crippen molar-refractivity contribution in [3.05, 3.63) is 60.7 Å². The van der Waals surface area contributed by atoms with E-state index in [1.807, 2.05) is 88.4 Å². The molecule has 1 aliphatic rings. The molecule has 8 heteroatoms. The summed E-state index contributed by atoms with van der Waals surface area (Å²) in [6.45, 7) is 8.10. The van der Waals surface area contributed by atoms with Crippen LogP contribution in [0, 0.1) is 5.92 Å². The molecule has 1 fully saturated rings. The van der Waals surface area contributed by atoms with E-state index in [0.29, 0.717) is 23.3 Å². The van der Waals surface area contributed by atoms with Gasteiger partial charge in [-0.1, -0.05) is 88.4 Å². The number of oxazole rings is 1. The van der Waals surface area contributed by atoms with Gasteiger partial charge in [0.1, 0.15) is 21.6 Å². The van der Waals surface area contributed by atoms with E-state index < -0.39 is 15.9 Å². The second-order valence-corrected chi connectivity index (χ2v) is 11.3. The molecule has 0 N–H and O–H groups in total. The number of nitrogens with zero attached hydrogens (tertiary/aromatic N) is 3. The van der Waals surface area contributed by atoms with Gasteiger partial charge in [-0.2, -0.15) is 0 Å². The topological polar surface area (TPSA) is 66.7 Å². The molecule has 1 aromatic heterocycles. The van der Waals surface area contributed by atoms with Crippen LogP contribution >= 0.6 is 11.8 Å². The first-order chi connectivity index (χ1) is 16.3. The Morgan fingerprint density at radius 1 is 1.06 bits per heavy atom. The molecular formula is C26H33N3O3S2. The number of aromatic nitrogens is 1. The quantitative estimate of drug-likeness (QED) is 0.303. The van der Waals surface area contributed by atoms with Crippen molar-refractivity contribution in [3.63, 3.8) is 0 Å². The van der Waals surface area contributed by atoms with E-state index in [1.165, 1.54) is 16.1 Å². The van der Waals surface area contributed by atoms with E-state index in [2.05, 4.69) is 5.87 Å². The monoisotopic (exact) mass is 499 g/mol. The molecule has 34 heavy (non-hydrogen) atoms. The maximum atomic E-state index is 13.2. The number of hydrogen-bond acceptors (Lipinski definition) is 5. The molecule has 1 amide bonds. The van der Waals surface area contributed by atoms with E-state index in [-0.39, 0.29) is 11.8 Å². The largest absolute Gasteiger partial charge is 0.431 e. The van der Waals surface area contributed by atoms with E-state index in [4.69, 9.17) is 9.40 Å². The summed E-state index contributed by atoms with van der Waals surface area (Å²) >= 11 is 1.25. The highest BCUT2D eigenvalue weighted by Crippen LogP contribution is 2.37. The van der Waals surface area contributed by atoms with Crippen LogP contribution in [0.1, 0.15) is 34.1 Å². The Morgan fingerprint density at radius 3 is 2.18 bits per heavy atom. The molecule has 0 radical (unpaired) electrons. The van der Waals surface area contributed by atoms with Crippen LogP contribution in [0.15, 0.2) is 70.3 Å². The zero-order valence-corrected chi connectivity index (χ0v) is 22.1. The van der Waals surface area contributed by atoms with Gasteiger partial charge in [-0.05, 0) is 30.0 Å². The second kappa shape index (κ2) is 11.3. The Morgan fingerprint density at radius 2 is 1.62 bits per heavy atom. The average molecular weight is 500 g/mol. The van der Waals surface area contributed by atoms with E-state index >= 15 is 0 Å². The van der Waals surface area contributed by atoms with Crippen molar-refractivity contribution in [1.29, 1.82) is 0 Å². The highest BCUT2D eigenvalue weighted by Gasteiger charge is 2.44. The third-order valence-electron chi connectivity index (χ3n) is 5.45. The minimum absolute atomic E-state index is 0.156. The number of rotatable bonds is 7. The Kier molecular flexibility index (Phi) is 8.62. The number of hydrogen-bond donors (Lipinski definition) is 0. The SMILES string of the molecule is C=S1(=O)N(CSc2nc(-c3ccccc3)c(-c3ccccc3)o2)C(=O)C(CC(C)C)N1C.CC. The van der Waals surface area contributed by atoms with Crippen LogP contribution in [-0.4, -0.2) is 48.5 Å². The summed E-state index contributed by atoms with van der Waals surface area (Å²) in [7, 11) is -1.16. The predicted molar refractivity (Wildman–Crippen MR) is 143 cm³/mol. The van der Waals surface area contributed by atoms with Crippen molar-refractivity contribution in [2.75, 3.05) is 12.9 Å². The van der Waals surface area contributed by atoms with Gasteiger partial charge in [0.15, 0.2) is 5.76 Å². The molecule has 0 spiro atoms. The third kappa shape index (κ3) is 5.40. The van der Waals surface area contributed by atoms with Crippen LogP contribution in [0.5, 0.6) is 0 Å². The van der Waals surface area contributed by atoms with Crippen LogP contribution < -0.4 is 0 Å². The molecule has 2 atom stereocenters. The number of benzene rings is 2. The summed E-state index contributed by atoms with van der Waals surface area (Å²) in [5.41, 5.74) is 2.59. The maximum absolute atomic E-state index is 13.2. The van der Waals surface area contributed by atoms with Crippen LogP contribution in [0.2, 0.25) is 0 Å². The lowest BCUT2D eigenvalue weighted by atomic mass is 10.0. The predicted octanol–water partition coefficient (Wildman–Crippen LogP) is 5.82. The lowest BCUT2D eigenvalue weighted by molar-refractivity contribution is -0.127. The highest BCUT2D eigenvalue weighted by molar-refractivity contribution is 8.01. The molecule has 4 rings (SSSR count). The van der Waals surface area contributed by atoms with Gasteiger partial charge >= 0.3 is 0 Å². The number of carbonyl (C=O) groups excluding carboxylic acids is 1. The summed E-state index contributed by atoms with van der Waals surface area (Å²) < 4.78 is 22.3. The first-order valence-electron chi connectivity index (χ1n) is 11.4. The summed E-state index contributed by atoms with van der Waals surface area (Å²) in [5.74, 6) is 4.83. The molecule has 2 aromatic carbocycles. The molecule has 0 aliphatic carbocycles. The van der Waals surface area contributed by atoms with Crippen LogP contribution in [0.25, 0.3) is 22.6 Å². The van der Waals surface area contributed by atoms with Crippen molar-refractivity contribution < 1.29 is 13.4 Å². The fourth-order valence-corrected chi connectivity index (χ4v) is 6.47. The lowest BCUT2D eigenvalue weighted by Crippen LogP contribution is -2.32. The summed E-state index contributed by atoms with van der Waals surface area (Å²) in [5, 5.41) is 0.417. The van der Waals surface area contributed by atoms with E-state index in [0.717, 1.165) is 16.8 Å². The molecule has 0 saturated carbocycles. The van der Waals surface area contributed by atoms with Gasteiger partial charge < -0.3 is 4.42 Å². The molecule has 1 aliphatic heterocycles. The third-order valence-corrected chi connectivity index (χ3v) is 8.58. The van der Waals surface area contributed by atoms with Crippen molar-refractivity contribution in [3.8, 4) is 22.6 Å². The van der Waals surface area contributed by atoms with Crippen LogP contribution in [-0.2, 0) is 14.7 Å². The smallest absolute Gasteiger partial charge is 0.258 e. The standard InChI is InChI=1S/C24H27N3O3S2.C2H6/c1-17(2)15-20-23(28)27(32(4,29)26(20)3)16-31-24-25-21(18-11-7-5-8-12-18)22(30-24)19-13-9-6-10-14-19;1-2/h5-14,17,20H,4,15-16H2,1-3H3;1-2H3. The molecule has 2 heterocycles. The average Bonchev–Trinajstić information content (AvgIpc) is 3.34. The van der Waals surface area contributed by atoms with Crippen LogP contribution in [0.4, 0.5) is 0 Å². The minimum Gasteiger partial charge on any atom is -0.431 e. The molecule has 1 saturated heterocycles. The zero-order valence-electron chi connectivity index (χ0n) is 20.4. The van der Waals surface area contributed by atoms with Crippen molar-refractivity contribution >= 4 is 33.4 Å². The van der Waals surface area contributed by atoms with Gasteiger partial charge in [0.2, 0.25) is 0 Å². The van der Waals surface area contributed by atoms with Gasteiger partial charge in [0.25, 0.3) is 11.1 Å². The van der Waals surface area contributed by atoms with Crippen LogP contribution in [0.3, 0.4) is 0 Å². The van der Waals surface area contributed by atoms with Gasteiger partial charge in [0, 0.05) is 18.2 Å². The molecular weight excluding hydrogens is 466 g/mol. The lowest BCUT2D eigenvalue weighted by Gasteiger charge is -2.20. The van der Waals surface area contributed by atoms with Crippen molar-refractivity contribution in [2.45, 2.75) is 45.4 Å². The van der Waals surface area contributed by atoms with Gasteiger partial charge in [-0.3, -0.25) is 4.79 Å². The van der Waals surface area contributed by atoms with Gasteiger partial charge in [-0.25, -0.2) is 17.8 Å². The Labute approximate surface area is 207 Å².